The molecular formula is C8H12OS. The van der Waals surface area contributed by atoms with Crippen molar-refractivity contribution in [3.05, 3.63) is 29.3 Å². The van der Waals surface area contributed by atoms with Crippen molar-refractivity contribution in [1.82, 2.24) is 0 Å². The highest BCUT2D eigenvalue weighted by atomic mass is 32.1. The van der Waals surface area contributed by atoms with Gasteiger partial charge in [0, 0.05) is 0 Å². The molecule has 0 amide bonds. The molecule has 10 heavy (non-hydrogen) atoms. The zero-order valence-corrected chi connectivity index (χ0v) is 7.18. The molecule has 2 heteroatoms. The van der Waals surface area contributed by atoms with Crippen molar-refractivity contribution < 1.29 is 5.11 Å². The lowest BCUT2D eigenvalue weighted by molar-refractivity contribution is 0.470. The van der Waals surface area contributed by atoms with Crippen molar-refractivity contribution in [2.75, 3.05) is 0 Å². The summed E-state index contributed by atoms with van der Waals surface area (Å²) in [5.41, 5.74) is 2.10. The van der Waals surface area contributed by atoms with Gasteiger partial charge >= 0.3 is 0 Å². The summed E-state index contributed by atoms with van der Waals surface area (Å²) < 4.78 is 0. The number of phenols is 1. The van der Waals surface area contributed by atoms with Gasteiger partial charge in [0.2, 0.25) is 0 Å². The average Bonchev–Trinajstić information content (AvgIpc) is 1.83. The van der Waals surface area contributed by atoms with Gasteiger partial charge in [-0.15, -0.1) is 0 Å². The third-order valence-electron chi connectivity index (χ3n) is 1.58. The quantitative estimate of drug-likeness (QED) is 0.610. The van der Waals surface area contributed by atoms with Crippen molar-refractivity contribution >= 4 is 13.5 Å². The monoisotopic (exact) mass is 156 g/mol. The summed E-state index contributed by atoms with van der Waals surface area (Å²) in [5, 5.41) is 9.10. The maximum atomic E-state index is 9.10. The Bertz CT molecular complexity index is 200. The molecule has 0 aliphatic heterocycles. The van der Waals surface area contributed by atoms with E-state index in [9.17, 15) is 0 Å². The Morgan fingerprint density at radius 3 is 2.20 bits per heavy atom. The number of aryl methyl sites for hydroxylation is 1. The normalized spacial score (nSPS) is 8.60. The molecule has 0 atom stereocenters. The van der Waals surface area contributed by atoms with Crippen LogP contribution >= 0.6 is 13.5 Å². The van der Waals surface area contributed by atoms with Crippen LogP contribution in [0.2, 0.25) is 0 Å². The summed E-state index contributed by atoms with van der Waals surface area (Å²) in [7, 11) is 0. The lowest BCUT2D eigenvalue weighted by atomic mass is 10.1. The van der Waals surface area contributed by atoms with Crippen LogP contribution in [0.5, 0.6) is 5.75 Å². The van der Waals surface area contributed by atoms with Crippen LogP contribution in [0.25, 0.3) is 0 Å². The fourth-order valence-corrected chi connectivity index (χ4v) is 0.736. The minimum atomic E-state index is 0. The number of benzene rings is 1. The Balaban J connectivity index is 0.000000810. The highest BCUT2D eigenvalue weighted by Gasteiger charge is 1.94. The molecule has 0 aliphatic carbocycles. The summed E-state index contributed by atoms with van der Waals surface area (Å²) >= 11 is 0. The van der Waals surface area contributed by atoms with E-state index in [0.29, 0.717) is 5.75 Å². The van der Waals surface area contributed by atoms with Crippen LogP contribution in [0.15, 0.2) is 18.2 Å². The van der Waals surface area contributed by atoms with Crippen molar-refractivity contribution in [2.45, 2.75) is 13.8 Å². The molecular weight excluding hydrogens is 144 g/mol. The van der Waals surface area contributed by atoms with Gasteiger partial charge in [-0.1, -0.05) is 12.1 Å². The van der Waals surface area contributed by atoms with Gasteiger partial charge in [-0.05, 0) is 31.0 Å². The topological polar surface area (TPSA) is 20.2 Å². The first kappa shape index (κ1) is 9.37. The molecule has 0 unspecified atom stereocenters. The number of hydrogen-bond acceptors (Lipinski definition) is 1. The molecule has 1 N–H and O–H groups in total. The molecule has 0 saturated carbocycles. The average molecular weight is 156 g/mol. The standard InChI is InChI=1S/C8H10O.H2S/c1-6-4-3-5-8(9)7(6)2;/h3-5,9H,1-2H3;1H2. The van der Waals surface area contributed by atoms with Crippen LogP contribution in [0.4, 0.5) is 0 Å². The number of rotatable bonds is 0. The van der Waals surface area contributed by atoms with Gasteiger partial charge in [0.05, 0.1) is 0 Å². The van der Waals surface area contributed by atoms with E-state index in [1.165, 1.54) is 0 Å². The molecule has 0 bridgehead atoms. The summed E-state index contributed by atoms with van der Waals surface area (Å²) in [6.07, 6.45) is 0. The zero-order valence-electron chi connectivity index (χ0n) is 6.18. The van der Waals surface area contributed by atoms with E-state index in [1.807, 2.05) is 26.0 Å². The molecule has 0 heterocycles. The minimum absolute atomic E-state index is 0. The van der Waals surface area contributed by atoms with Gasteiger partial charge in [0.15, 0.2) is 0 Å². The van der Waals surface area contributed by atoms with Crippen LogP contribution in [0, 0.1) is 13.8 Å². The van der Waals surface area contributed by atoms with Gasteiger partial charge < -0.3 is 5.11 Å². The second kappa shape index (κ2) is 3.52. The zero-order chi connectivity index (χ0) is 6.85. The van der Waals surface area contributed by atoms with Crippen LogP contribution < -0.4 is 0 Å². The molecule has 56 valence electrons. The Labute approximate surface area is 68.1 Å². The van der Waals surface area contributed by atoms with Gasteiger partial charge in [-0.2, -0.15) is 13.5 Å². The number of aromatic hydroxyl groups is 1. The molecule has 1 rings (SSSR count). The molecule has 0 aliphatic rings. The van der Waals surface area contributed by atoms with E-state index in [-0.39, 0.29) is 13.5 Å². The molecule has 0 spiro atoms. The largest absolute Gasteiger partial charge is 0.508 e. The number of hydrogen-bond donors (Lipinski definition) is 1. The van der Waals surface area contributed by atoms with Gasteiger partial charge in [0.1, 0.15) is 5.75 Å². The van der Waals surface area contributed by atoms with Crippen LogP contribution in [0.3, 0.4) is 0 Å². The molecule has 0 radical (unpaired) electrons. The van der Waals surface area contributed by atoms with E-state index in [1.54, 1.807) is 6.07 Å². The molecule has 0 fully saturated rings. The van der Waals surface area contributed by atoms with Crippen molar-refractivity contribution in [3.63, 3.8) is 0 Å². The van der Waals surface area contributed by atoms with E-state index in [4.69, 9.17) is 5.11 Å². The smallest absolute Gasteiger partial charge is 0.118 e. The Morgan fingerprint density at radius 2 is 1.80 bits per heavy atom. The molecule has 1 aromatic carbocycles. The van der Waals surface area contributed by atoms with Gasteiger partial charge in [-0.25, -0.2) is 0 Å². The second-order valence-electron chi connectivity index (χ2n) is 2.22. The lowest BCUT2D eigenvalue weighted by Gasteiger charge is -1.99. The summed E-state index contributed by atoms with van der Waals surface area (Å²) in [4.78, 5) is 0. The van der Waals surface area contributed by atoms with Crippen molar-refractivity contribution in [3.8, 4) is 5.75 Å². The van der Waals surface area contributed by atoms with E-state index >= 15 is 0 Å². The van der Waals surface area contributed by atoms with Crippen molar-refractivity contribution in [1.29, 1.82) is 0 Å². The van der Waals surface area contributed by atoms with Crippen LogP contribution in [-0.4, -0.2) is 5.11 Å². The predicted octanol–water partition coefficient (Wildman–Crippen LogP) is 2.12. The first-order chi connectivity index (χ1) is 4.22. The molecule has 1 nitrogen and oxygen atoms in total. The lowest BCUT2D eigenvalue weighted by Crippen LogP contribution is -1.78. The van der Waals surface area contributed by atoms with Crippen LogP contribution in [-0.2, 0) is 0 Å². The van der Waals surface area contributed by atoms with Gasteiger partial charge in [-0.3, -0.25) is 0 Å². The third-order valence-corrected chi connectivity index (χ3v) is 1.58. The summed E-state index contributed by atoms with van der Waals surface area (Å²) in [6.45, 7) is 3.89. The fourth-order valence-electron chi connectivity index (χ4n) is 0.736. The maximum absolute atomic E-state index is 9.10. The maximum Gasteiger partial charge on any atom is 0.118 e. The SMILES string of the molecule is Cc1cccc(O)c1C.S. The Kier molecular flexibility index (Phi) is 3.30. The van der Waals surface area contributed by atoms with E-state index < -0.39 is 0 Å². The molecule has 1 aromatic rings. The molecule has 0 aromatic heterocycles. The molecule has 0 saturated heterocycles. The fraction of sp³-hybridized carbons (Fsp3) is 0.250. The van der Waals surface area contributed by atoms with Crippen LogP contribution in [0.1, 0.15) is 11.1 Å². The Hall–Kier alpha value is -0.630. The van der Waals surface area contributed by atoms with E-state index in [2.05, 4.69) is 0 Å². The van der Waals surface area contributed by atoms with Crippen molar-refractivity contribution in [2.24, 2.45) is 0 Å². The van der Waals surface area contributed by atoms with E-state index in [0.717, 1.165) is 11.1 Å². The second-order valence-corrected chi connectivity index (χ2v) is 2.22. The Morgan fingerprint density at radius 1 is 1.20 bits per heavy atom. The predicted molar refractivity (Wildman–Crippen MR) is 48.0 cm³/mol. The number of phenolic OH excluding ortho intramolecular Hbond substituents is 1. The summed E-state index contributed by atoms with van der Waals surface area (Å²) in [6, 6.07) is 5.52. The minimum Gasteiger partial charge on any atom is -0.508 e. The highest BCUT2D eigenvalue weighted by molar-refractivity contribution is 7.59. The van der Waals surface area contributed by atoms with Gasteiger partial charge in [0.25, 0.3) is 0 Å². The first-order valence-electron chi connectivity index (χ1n) is 2.97. The first-order valence-corrected chi connectivity index (χ1v) is 2.97. The third kappa shape index (κ3) is 1.67. The summed E-state index contributed by atoms with van der Waals surface area (Å²) in [5.74, 6) is 0.384. The highest BCUT2D eigenvalue weighted by Crippen LogP contribution is 2.17.